The zero-order chi connectivity index (χ0) is 14.4. The fraction of sp³-hybridized carbons (Fsp3) is 0.286. The third kappa shape index (κ3) is 3.99. The third-order valence-electron chi connectivity index (χ3n) is 2.72. The normalized spacial score (nSPS) is 10.3. The van der Waals surface area contributed by atoms with Gasteiger partial charge in [0.2, 0.25) is 5.95 Å². The number of hydrogen-bond acceptors (Lipinski definition) is 5. The van der Waals surface area contributed by atoms with Crippen LogP contribution < -0.4 is 10.6 Å². The molecule has 0 bridgehead atoms. The molecule has 1 heterocycles. The average molecular weight is 293 g/mol. The molecule has 0 radical (unpaired) electrons. The summed E-state index contributed by atoms with van der Waals surface area (Å²) in [6.07, 6.45) is 2.40. The van der Waals surface area contributed by atoms with Crippen molar-refractivity contribution in [2.75, 3.05) is 23.7 Å². The first kappa shape index (κ1) is 14.4. The van der Waals surface area contributed by atoms with Crippen molar-refractivity contribution in [3.05, 3.63) is 41.0 Å². The molecule has 0 atom stereocenters. The molecule has 0 aliphatic carbocycles. The van der Waals surface area contributed by atoms with Gasteiger partial charge in [-0.05, 0) is 31.0 Å². The van der Waals surface area contributed by atoms with E-state index in [0.717, 1.165) is 18.5 Å². The maximum Gasteiger partial charge on any atom is 0.224 e. The van der Waals surface area contributed by atoms with Crippen molar-refractivity contribution in [3.8, 4) is 5.75 Å². The molecule has 0 aliphatic heterocycles. The Kier molecular flexibility index (Phi) is 5.01. The van der Waals surface area contributed by atoms with Gasteiger partial charge in [-0.25, -0.2) is 4.98 Å². The molecule has 0 fully saturated rings. The molecular weight excluding hydrogens is 276 g/mol. The largest absolute Gasteiger partial charge is 0.508 e. The Balaban J connectivity index is 1.93. The lowest BCUT2D eigenvalue weighted by Gasteiger charge is -2.09. The number of halogens is 1. The van der Waals surface area contributed by atoms with Gasteiger partial charge in [-0.2, -0.15) is 4.98 Å². The van der Waals surface area contributed by atoms with Crippen molar-refractivity contribution >= 4 is 23.4 Å². The summed E-state index contributed by atoms with van der Waals surface area (Å²) in [5.41, 5.74) is 1.13. The van der Waals surface area contributed by atoms with Crippen LogP contribution in [-0.2, 0) is 6.42 Å². The fourth-order valence-corrected chi connectivity index (χ4v) is 1.88. The molecule has 3 N–H and O–H groups in total. The minimum atomic E-state index is 0.274. The van der Waals surface area contributed by atoms with Crippen LogP contribution in [0.1, 0.15) is 12.5 Å². The van der Waals surface area contributed by atoms with Crippen molar-refractivity contribution in [1.82, 2.24) is 9.97 Å². The molecular formula is C14H17ClN4O. The molecule has 0 unspecified atom stereocenters. The number of rotatable bonds is 6. The topological polar surface area (TPSA) is 70.1 Å². The molecule has 106 valence electrons. The molecule has 0 spiro atoms. The molecule has 5 nitrogen and oxygen atoms in total. The van der Waals surface area contributed by atoms with E-state index in [9.17, 15) is 5.11 Å². The minimum Gasteiger partial charge on any atom is -0.508 e. The van der Waals surface area contributed by atoms with E-state index < -0.39 is 0 Å². The number of anilines is 2. The second-order valence-corrected chi connectivity index (χ2v) is 4.67. The van der Waals surface area contributed by atoms with E-state index in [0.29, 0.717) is 23.3 Å². The number of hydrogen-bond donors (Lipinski definition) is 3. The minimum absolute atomic E-state index is 0.274. The van der Waals surface area contributed by atoms with Crippen LogP contribution in [0.4, 0.5) is 11.8 Å². The van der Waals surface area contributed by atoms with Crippen LogP contribution in [0.15, 0.2) is 30.5 Å². The first-order valence-electron chi connectivity index (χ1n) is 6.47. The van der Waals surface area contributed by atoms with Crippen LogP contribution in [0, 0.1) is 0 Å². The first-order chi connectivity index (χ1) is 9.69. The van der Waals surface area contributed by atoms with E-state index in [1.54, 1.807) is 18.3 Å². The van der Waals surface area contributed by atoms with Gasteiger partial charge in [0.25, 0.3) is 0 Å². The maximum atomic E-state index is 9.22. The van der Waals surface area contributed by atoms with Crippen molar-refractivity contribution < 1.29 is 5.11 Å². The van der Waals surface area contributed by atoms with E-state index >= 15 is 0 Å². The molecule has 2 aromatic rings. The first-order valence-corrected chi connectivity index (χ1v) is 6.85. The number of aromatic nitrogens is 2. The lowest BCUT2D eigenvalue weighted by atomic mass is 10.1. The SMILES string of the molecule is CCNc1ncc(Cl)c(NCCc2ccc(O)cc2)n1. The Morgan fingerprint density at radius 1 is 1.20 bits per heavy atom. The number of phenolic OH excluding ortho intramolecular Hbond substituents is 1. The van der Waals surface area contributed by atoms with Crippen LogP contribution in [0.25, 0.3) is 0 Å². The van der Waals surface area contributed by atoms with Gasteiger partial charge in [0.1, 0.15) is 16.6 Å². The number of aromatic hydroxyl groups is 1. The summed E-state index contributed by atoms with van der Waals surface area (Å²) >= 11 is 6.05. The zero-order valence-corrected chi connectivity index (χ0v) is 12.0. The van der Waals surface area contributed by atoms with Gasteiger partial charge in [-0.1, -0.05) is 23.7 Å². The summed E-state index contributed by atoms with van der Waals surface area (Å²) < 4.78 is 0. The van der Waals surface area contributed by atoms with E-state index in [1.807, 2.05) is 19.1 Å². The number of nitrogens with zero attached hydrogens (tertiary/aromatic N) is 2. The van der Waals surface area contributed by atoms with Gasteiger partial charge in [0.15, 0.2) is 0 Å². The number of benzene rings is 1. The van der Waals surface area contributed by atoms with E-state index in [-0.39, 0.29) is 5.75 Å². The molecule has 20 heavy (non-hydrogen) atoms. The molecule has 2 rings (SSSR count). The Labute approximate surface area is 123 Å². The van der Waals surface area contributed by atoms with Crippen molar-refractivity contribution in [1.29, 1.82) is 0 Å². The smallest absolute Gasteiger partial charge is 0.224 e. The quantitative estimate of drug-likeness (QED) is 0.764. The summed E-state index contributed by atoms with van der Waals surface area (Å²) in [5, 5.41) is 15.9. The highest BCUT2D eigenvalue weighted by molar-refractivity contribution is 6.32. The summed E-state index contributed by atoms with van der Waals surface area (Å²) in [5.74, 6) is 1.45. The molecule has 1 aromatic carbocycles. The molecule has 0 saturated carbocycles. The van der Waals surface area contributed by atoms with Crippen LogP contribution in [0.3, 0.4) is 0 Å². The van der Waals surface area contributed by atoms with Crippen LogP contribution in [-0.4, -0.2) is 28.2 Å². The standard InChI is InChI=1S/C14H17ClN4O/c1-2-16-14-18-9-12(15)13(19-14)17-8-7-10-3-5-11(20)6-4-10/h3-6,9,20H,2,7-8H2,1H3,(H2,16,17,18,19). The molecule has 0 saturated heterocycles. The third-order valence-corrected chi connectivity index (χ3v) is 3.00. The summed E-state index contributed by atoms with van der Waals surface area (Å²) in [6, 6.07) is 7.14. The van der Waals surface area contributed by atoms with Gasteiger partial charge < -0.3 is 15.7 Å². The highest BCUT2D eigenvalue weighted by atomic mass is 35.5. The second kappa shape index (κ2) is 6.96. The predicted molar refractivity (Wildman–Crippen MR) is 81.5 cm³/mol. The lowest BCUT2D eigenvalue weighted by molar-refractivity contribution is 0.475. The lowest BCUT2D eigenvalue weighted by Crippen LogP contribution is -2.09. The van der Waals surface area contributed by atoms with Crippen LogP contribution >= 0.6 is 11.6 Å². The van der Waals surface area contributed by atoms with E-state index in [4.69, 9.17) is 11.6 Å². The molecule has 0 aliphatic rings. The summed E-state index contributed by atoms with van der Waals surface area (Å²) in [7, 11) is 0. The van der Waals surface area contributed by atoms with E-state index in [1.165, 1.54) is 0 Å². The van der Waals surface area contributed by atoms with Gasteiger partial charge in [-0.15, -0.1) is 0 Å². The van der Waals surface area contributed by atoms with Gasteiger partial charge in [0.05, 0.1) is 6.20 Å². The van der Waals surface area contributed by atoms with Crippen molar-refractivity contribution in [2.45, 2.75) is 13.3 Å². The highest BCUT2D eigenvalue weighted by Crippen LogP contribution is 2.19. The second-order valence-electron chi connectivity index (χ2n) is 4.26. The Morgan fingerprint density at radius 2 is 1.95 bits per heavy atom. The molecule has 6 heteroatoms. The van der Waals surface area contributed by atoms with Crippen molar-refractivity contribution in [2.24, 2.45) is 0 Å². The summed E-state index contributed by atoms with van der Waals surface area (Å²) in [6.45, 7) is 3.44. The van der Waals surface area contributed by atoms with Gasteiger partial charge in [0, 0.05) is 13.1 Å². The highest BCUT2D eigenvalue weighted by Gasteiger charge is 2.04. The summed E-state index contributed by atoms with van der Waals surface area (Å²) in [4.78, 5) is 8.38. The number of nitrogens with one attached hydrogen (secondary N) is 2. The Morgan fingerprint density at radius 3 is 2.65 bits per heavy atom. The number of phenols is 1. The molecule has 1 aromatic heterocycles. The zero-order valence-electron chi connectivity index (χ0n) is 11.2. The van der Waals surface area contributed by atoms with Crippen molar-refractivity contribution in [3.63, 3.8) is 0 Å². The van der Waals surface area contributed by atoms with Gasteiger partial charge in [-0.3, -0.25) is 0 Å². The van der Waals surface area contributed by atoms with Gasteiger partial charge >= 0.3 is 0 Å². The average Bonchev–Trinajstić information content (AvgIpc) is 2.45. The molecule has 0 amide bonds. The van der Waals surface area contributed by atoms with E-state index in [2.05, 4.69) is 20.6 Å². The predicted octanol–water partition coefficient (Wildman–Crippen LogP) is 2.92. The van der Waals surface area contributed by atoms with Crippen LogP contribution in [0.2, 0.25) is 5.02 Å². The fourth-order valence-electron chi connectivity index (χ4n) is 1.72. The Bertz CT molecular complexity index is 560. The van der Waals surface area contributed by atoms with Crippen LogP contribution in [0.5, 0.6) is 5.75 Å². The maximum absolute atomic E-state index is 9.22. The monoisotopic (exact) mass is 292 g/mol. The Hall–Kier alpha value is -2.01.